The molecule has 1 aliphatic carbocycles. The molecule has 1 aromatic heterocycles. The van der Waals surface area contributed by atoms with Crippen molar-refractivity contribution in [2.45, 2.75) is 38.5 Å². The molecule has 0 amide bonds. The van der Waals surface area contributed by atoms with Crippen LogP contribution in [0.1, 0.15) is 18.9 Å². The van der Waals surface area contributed by atoms with Crippen molar-refractivity contribution >= 4 is 21.7 Å². The van der Waals surface area contributed by atoms with Crippen molar-refractivity contribution in [2.24, 2.45) is 5.73 Å². The standard InChI is InChI=1S/C12H18BrN3O/c1-3-17-9-6-8(14)11(9)16-12-10(13)7(2)4-5-15-12/h4-5,8-9,11H,3,6,14H2,1-2H3,(H,15,16). The fourth-order valence-electron chi connectivity index (χ4n) is 2.03. The molecule has 94 valence electrons. The Hall–Kier alpha value is -0.650. The van der Waals surface area contributed by atoms with Gasteiger partial charge in [0.05, 0.1) is 16.6 Å². The number of pyridine rings is 1. The third-order valence-corrected chi connectivity index (χ3v) is 4.13. The van der Waals surface area contributed by atoms with Gasteiger partial charge < -0.3 is 15.8 Å². The van der Waals surface area contributed by atoms with Crippen molar-refractivity contribution in [1.29, 1.82) is 0 Å². The molecule has 1 aliphatic rings. The van der Waals surface area contributed by atoms with E-state index in [0.29, 0.717) is 0 Å². The second-order valence-corrected chi connectivity index (χ2v) is 5.15. The third-order valence-electron chi connectivity index (χ3n) is 3.13. The van der Waals surface area contributed by atoms with Gasteiger partial charge in [-0.3, -0.25) is 0 Å². The van der Waals surface area contributed by atoms with E-state index in [9.17, 15) is 0 Å². The quantitative estimate of drug-likeness (QED) is 0.893. The van der Waals surface area contributed by atoms with Crippen LogP contribution in [-0.2, 0) is 4.74 Å². The summed E-state index contributed by atoms with van der Waals surface area (Å²) < 4.78 is 6.61. The van der Waals surface area contributed by atoms with E-state index in [-0.39, 0.29) is 18.2 Å². The Morgan fingerprint density at radius 3 is 3.06 bits per heavy atom. The number of rotatable bonds is 4. The van der Waals surface area contributed by atoms with Crippen LogP contribution >= 0.6 is 15.9 Å². The van der Waals surface area contributed by atoms with Crippen LogP contribution in [-0.4, -0.2) is 29.8 Å². The second-order valence-electron chi connectivity index (χ2n) is 4.35. The summed E-state index contributed by atoms with van der Waals surface area (Å²) in [4.78, 5) is 4.32. The first kappa shape index (κ1) is 12.8. The molecule has 4 nitrogen and oxygen atoms in total. The first-order chi connectivity index (χ1) is 8.13. The molecule has 1 aromatic rings. The van der Waals surface area contributed by atoms with Crippen molar-refractivity contribution in [1.82, 2.24) is 4.98 Å². The molecule has 17 heavy (non-hydrogen) atoms. The van der Waals surface area contributed by atoms with E-state index in [2.05, 4.69) is 26.2 Å². The molecule has 0 bridgehead atoms. The summed E-state index contributed by atoms with van der Waals surface area (Å²) in [6.07, 6.45) is 2.90. The molecule has 2 rings (SSSR count). The van der Waals surface area contributed by atoms with Crippen molar-refractivity contribution in [3.8, 4) is 0 Å². The highest BCUT2D eigenvalue weighted by Gasteiger charge is 2.39. The maximum atomic E-state index is 5.99. The average molecular weight is 300 g/mol. The molecule has 0 spiro atoms. The molecule has 3 atom stereocenters. The van der Waals surface area contributed by atoms with Gasteiger partial charge in [-0.25, -0.2) is 4.98 Å². The Morgan fingerprint density at radius 1 is 1.65 bits per heavy atom. The lowest BCUT2D eigenvalue weighted by atomic mass is 9.83. The number of hydrogen-bond acceptors (Lipinski definition) is 4. The Kier molecular flexibility index (Phi) is 4.01. The van der Waals surface area contributed by atoms with E-state index in [0.717, 1.165) is 28.9 Å². The molecule has 0 radical (unpaired) electrons. The number of anilines is 1. The van der Waals surface area contributed by atoms with Crippen molar-refractivity contribution in [3.05, 3.63) is 22.3 Å². The molecule has 1 heterocycles. The average Bonchev–Trinajstić information content (AvgIpc) is 2.31. The number of halogens is 1. The molecule has 3 N–H and O–H groups in total. The van der Waals surface area contributed by atoms with Crippen LogP contribution in [0.2, 0.25) is 0 Å². The van der Waals surface area contributed by atoms with Crippen LogP contribution in [0.25, 0.3) is 0 Å². The Labute approximate surface area is 110 Å². The number of aromatic nitrogens is 1. The maximum absolute atomic E-state index is 5.99. The first-order valence-corrected chi connectivity index (χ1v) is 6.67. The summed E-state index contributed by atoms with van der Waals surface area (Å²) in [5.74, 6) is 0.842. The second kappa shape index (κ2) is 5.33. The summed E-state index contributed by atoms with van der Waals surface area (Å²) >= 11 is 3.53. The monoisotopic (exact) mass is 299 g/mol. The van der Waals surface area contributed by atoms with Gasteiger partial charge in [-0.05, 0) is 47.8 Å². The Balaban J connectivity index is 2.07. The molecule has 0 aliphatic heterocycles. The van der Waals surface area contributed by atoms with Crippen molar-refractivity contribution in [3.63, 3.8) is 0 Å². The fourth-order valence-corrected chi connectivity index (χ4v) is 2.37. The van der Waals surface area contributed by atoms with Crippen LogP contribution in [0.15, 0.2) is 16.7 Å². The number of nitrogens with two attached hydrogens (primary N) is 1. The van der Waals surface area contributed by atoms with Crippen LogP contribution in [0.5, 0.6) is 0 Å². The topological polar surface area (TPSA) is 60.2 Å². The molecule has 3 unspecified atom stereocenters. The predicted octanol–water partition coefficient (Wildman–Crippen LogP) is 2.07. The normalized spacial score (nSPS) is 27.6. The Bertz CT molecular complexity index is 397. The zero-order valence-electron chi connectivity index (χ0n) is 10.1. The summed E-state index contributed by atoms with van der Waals surface area (Å²) in [5.41, 5.74) is 7.15. The summed E-state index contributed by atoms with van der Waals surface area (Å²) in [6, 6.07) is 2.26. The number of nitrogens with one attached hydrogen (secondary N) is 1. The molecule has 5 heteroatoms. The molecule has 0 saturated heterocycles. The lowest BCUT2D eigenvalue weighted by molar-refractivity contribution is -0.0127. The van der Waals surface area contributed by atoms with E-state index in [1.165, 1.54) is 0 Å². The number of hydrogen-bond donors (Lipinski definition) is 2. The van der Waals surface area contributed by atoms with E-state index in [1.807, 2.05) is 19.9 Å². The van der Waals surface area contributed by atoms with Gasteiger partial charge >= 0.3 is 0 Å². The van der Waals surface area contributed by atoms with Gasteiger partial charge in [-0.15, -0.1) is 0 Å². The summed E-state index contributed by atoms with van der Waals surface area (Å²) in [6.45, 7) is 4.76. The smallest absolute Gasteiger partial charge is 0.140 e. The fraction of sp³-hybridized carbons (Fsp3) is 0.583. The molecular formula is C12H18BrN3O. The van der Waals surface area contributed by atoms with Gasteiger partial charge in [-0.1, -0.05) is 0 Å². The molecule has 1 saturated carbocycles. The van der Waals surface area contributed by atoms with Crippen LogP contribution in [0.3, 0.4) is 0 Å². The number of ether oxygens (including phenoxy) is 1. The highest BCUT2D eigenvalue weighted by atomic mass is 79.9. The largest absolute Gasteiger partial charge is 0.376 e. The Morgan fingerprint density at radius 2 is 2.41 bits per heavy atom. The van der Waals surface area contributed by atoms with Gasteiger partial charge in [-0.2, -0.15) is 0 Å². The van der Waals surface area contributed by atoms with Crippen LogP contribution in [0.4, 0.5) is 5.82 Å². The SMILES string of the molecule is CCOC1CC(N)C1Nc1nccc(C)c1Br. The predicted molar refractivity (Wildman–Crippen MR) is 72.1 cm³/mol. The summed E-state index contributed by atoms with van der Waals surface area (Å²) in [5, 5.41) is 3.36. The van der Waals surface area contributed by atoms with E-state index >= 15 is 0 Å². The lowest BCUT2D eigenvalue weighted by Crippen LogP contribution is -2.60. The van der Waals surface area contributed by atoms with Crippen molar-refractivity contribution in [2.75, 3.05) is 11.9 Å². The molecular weight excluding hydrogens is 282 g/mol. The maximum Gasteiger partial charge on any atom is 0.140 e. The molecule has 1 fully saturated rings. The minimum atomic E-state index is 0.140. The van der Waals surface area contributed by atoms with Crippen LogP contribution < -0.4 is 11.1 Å². The van der Waals surface area contributed by atoms with E-state index in [4.69, 9.17) is 10.5 Å². The third kappa shape index (κ3) is 2.61. The zero-order valence-corrected chi connectivity index (χ0v) is 11.7. The lowest BCUT2D eigenvalue weighted by Gasteiger charge is -2.42. The van der Waals surface area contributed by atoms with Gasteiger partial charge in [0.2, 0.25) is 0 Å². The molecule has 0 aromatic carbocycles. The van der Waals surface area contributed by atoms with Crippen molar-refractivity contribution < 1.29 is 4.74 Å². The first-order valence-electron chi connectivity index (χ1n) is 5.88. The van der Waals surface area contributed by atoms with Gasteiger partial charge in [0.15, 0.2) is 0 Å². The van der Waals surface area contributed by atoms with E-state index in [1.54, 1.807) is 6.20 Å². The highest BCUT2D eigenvalue weighted by Crippen LogP contribution is 2.29. The minimum absolute atomic E-state index is 0.140. The number of nitrogens with zero attached hydrogens (tertiary/aromatic N) is 1. The zero-order chi connectivity index (χ0) is 12.4. The van der Waals surface area contributed by atoms with Gasteiger partial charge in [0, 0.05) is 18.8 Å². The highest BCUT2D eigenvalue weighted by molar-refractivity contribution is 9.10. The van der Waals surface area contributed by atoms with E-state index < -0.39 is 0 Å². The summed E-state index contributed by atoms with van der Waals surface area (Å²) in [7, 11) is 0. The number of aryl methyl sites for hydroxylation is 1. The van der Waals surface area contributed by atoms with Crippen LogP contribution in [0, 0.1) is 6.92 Å². The van der Waals surface area contributed by atoms with Gasteiger partial charge in [0.1, 0.15) is 5.82 Å². The van der Waals surface area contributed by atoms with Gasteiger partial charge in [0.25, 0.3) is 0 Å². The minimum Gasteiger partial charge on any atom is -0.376 e.